The van der Waals surface area contributed by atoms with Crippen LogP contribution >= 0.6 is 12.6 Å². The molecule has 0 rings (SSSR count). The highest BCUT2D eigenvalue weighted by Gasteiger charge is 2.06. The molecule has 0 radical (unpaired) electrons. The molecule has 0 bridgehead atoms. The van der Waals surface area contributed by atoms with E-state index in [1.165, 1.54) is 0 Å². The van der Waals surface area contributed by atoms with Gasteiger partial charge in [0.15, 0.2) is 0 Å². The zero-order valence-electron chi connectivity index (χ0n) is 12.1. The number of nitrogens with zero attached hydrogens (tertiary/aromatic N) is 1. The first kappa shape index (κ1) is 18.2. The summed E-state index contributed by atoms with van der Waals surface area (Å²) in [6.45, 7) is 8.55. The lowest BCUT2D eigenvalue weighted by Crippen LogP contribution is -2.31. The van der Waals surface area contributed by atoms with Crippen LogP contribution in [-0.2, 0) is 9.59 Å². The molecule has 0 aliphatic heterocycles. The Balaban J connectivity index is 3.51. The molecule has 0 aliphatic rings. The van der Waals surface area contributed by atoms with Gasteiger partial charge in [0.2, 0.25) is 11.8 Å². The first-order valence-corrected chi connectivity index (χ1v) is 7.63. The molecule has 0 aromatic carbocycles. The van der Waals surface area contributed by atoms with Crippen molar-refractivity contribution < 1.29 is 9.59 Å². The van der Waals surface area contributed by atoms with Crippen LogP contribution in [0.15, 0.2) is 0 Å². The third kappa shape index (κ3) is 10.8. The summed E-state index contributed by atoms with van der Waals surface area (Å²) in [4.78, 5) is 25.1. The summed E-state index contributed by atoms with van der Waals surface area (Å²) in [5.74, 6) is 0.469. The molecule has 2 amide bonds. The van der Waals surface area contributed by atoms with Crippen LogP contribution in [0.4, 0.5) is 0 Å². The van der Waals surface area contributed by atoms with Gasteiger partial charge in [-0.15, -0.1) is 0 Å². The van der Waals surface area contributed by atoms with Crippen molar-refractivity contribution in [2.75, 3.05) is 38.5 Å². The van der Waals surface area contributed by atoms with Gasteiger partial charge >= 0.3 is 0 Å². The molecule has 0 fully saturated rings. The summed E-state index contributed by atoms with van der Waals surface area (Å²) in [6, 6.07) is 0. The van der Waals surface area contributed by atoms with Crippen molar-refractivity contribution in [3.8, 4) is 0 Å². The topological polar surface area (TPSA) is 61.4 Å². The second kappa shape index (κ2) is 12.3. The largest absolute Gasteiger partial charge is 0.356 e. The number of rotatable bonds is 11. The molecule has 0 saturated heterocycles. The second-order valence-electron chi connectivity index (χ2n) is 4.30. The van der Waals surface area contributed by atoms with Crippen LogP contribution in [-0.4, -0.2) is 55.2 Å². The van der Waals surface area contributed by atoms with Crippen molar-refractivity contribution in [1.82, 2.24) is 15.5 Å². The molecule has 5 nitrogen and oxygen atoms in total. The fourth-order valence-electron chi connectivity index (χ4n) is 1.67. The van der Waals surface area contributed by atoms with Crippen molar-refractivity contribution >= 4 is 24.4 Å². The molecule has 0 aromatic heterocycles. The minimum atomic E-state index is -0.0904. The Morgan fingerprint density at radius 3 is 2.00 bits per heavy atom. The van der Waals surface area contributed by atoms with Gasteiger partial charge in [-0.05, 0) is 26.1 Å². The maximum atomic E-state index is 11.5. The Hall–Kier alpha value is -0.750. The first-order valence-electron chi connectivity index (χ1n) is 7.00. The fraction of sp³-hybridized carbons (Fsp3) is 0.846. The van der Waals surface area contributed by atoms with Crippen molar-refractivity contribution in [2.24, 2.45) is 0 Å². The first-order chi connectivity index (χ1) is 9.13. The molecular weight excluding hydrogens is 262 g/mol. The average molecular weight is 289 g/mol. The lowest BCUT2D eigenvalue weighted by Gasteiger charge is -2.17. The van der Waals surface area contributed by atoms with Crippen molar-refractivity contribution in [1.29, 1.82) is 0 Å². The molecule has 0 heterocycles. The molecule has 0 spiro atoms. The van der Waals surface area contributed by atoms with Gasteiger partial charge in [0.05, 0.1) is 0 Å². The molecule has 0 saturated carbocycles. The number of nitrogens with one attached hydrogen (secondary N) is 2. The van der Waals surface area contributed by atoms with Gasteiger partial charge in [-0.1, -0.05) is 13.8 Å². The number of carbonyl (C=O) groups excluding carboxylic acids is 2. The quantitative estimate of drug-likeness (QED) is 0.387. The minimum Gasteiger partial charge on any atom is -0.356 e. The van der Waals surface area contributed by atoms with Crippen LogP contribution in [0.1, 0.15) is 33.1 Å². The van der Waals surface area contributed by atoms with Gasteiger partial charge in [0, 0.05) is 31.7 Å². The summed E-state index contributed by atoms with van der Waals surface area (Å²) in [5.41, 5.74) is 0. The Bertz CT molecular complexity index is 258. The number of carbonyl (C=O) groups is 2. The van der Waals surface area contributed by atoms with Crippen LogP contribution in [0, 0.1) is 0 Å². The van der Waals surface area contributed by atoms with Gasteiger partial charge in [-0.2, -0.15) is 12.6 Å². The highest BCUT2D eigenvalue weighted by molar-refractivity contribution is 7.80. The van der Waals surface area contributed by atoms with Crippen molar-refractivity contribution in [2.45, 2.75) is 33.1 Å². The zero-order valence-corrected chi connectivity index (χ0v) is 13.0. The molecule has 112 valence electrons. The van der Waals surface area contributed by atoms with E-state index in [4.69, 9.17) is 0 Å². The van der Waals surface area contributed by atoms with Gasteiger partial charge < -0.3 is 15.5 Å². The fourth-order valence-corrected chi connectivity index (χ4v) is 1.78. The number of hydrogen-bond acceptors (Lipinski definition) is 4. The minimum absolute atomic E-state index is 0.0550. The lowest BCUT2D eigenvalue weighted by molar-refractivity contribution is -0.126. The molecule has 6 heteroatoms. The molecule has 2 N–H and O–H groups in total. The summed E-state index contributed by atoms with van der Waals surface area (Å²) >= 11 is 4.00. The van der Waals surface area contributed by atoms with Gasteiger partial charge in [0.25, 0.3) is 0 Å². The number of thiol groups is 1. The number of hydrogen-bond donors (Lipinski definition) is 3. The average Bonchev–Trinajstić information content (AvgIpc) is 2.43. The van der Waals surface area contributed by atoms with Crippen molar-refractivity contribution in [3.63, 3.8) is 0 Å². The van der Waals surface area contributed by atoms with Crippen LogP contribution in [0.25, 0.3) is 0 Å². The van der Waals surface area contributed by atoms with E-state index in [0.717, 1.165) is 26.1 Å². The Morgan fingerprint density at radius 2 is 1.53 bits per heavy atom. The van der Waals surface area contributed by atoms with Crippen LogP contribution in [0.5, 0.6) is 0 Å². The van der Waals surface area contributed by atoms with Crippen LogP contribution < -0.4 is 10.6 Å². The monoisotopic (exact) mass is 289 g/mol. The zero-order chi connectivity index (χ0) is 14.5. The number of amides is 2. The maximum Gasteiger partial charge on any atom is 0.220 e. The van der Waals surface area contributed by atoms with Gasteiger partial charge in [-0.25, -0.2) is 0 Å². The van der Waals surface area contributed by atoms with Gasteiger partial charge in [-0.3, -0.25) is 9.59 Å². The summed E-state index contributed by atoms with van der Waals surface area (Å²) in [7, 11) is 0. The standard InChI is InChI=1S/C13H27N3O2S/c1-3-16(4-2)10-5-8-14-12(17)6-7-13(18)15-9-11-19/h19H,3-11H2,1-2H3,(H,14,17)(H,15,18). The van der Waals surface area contributed by atoms with E-state index < -0.39 is 0 Å². The van der Waals surface area contributed by atoms with Crippen molar-refractivity contribution in [3.05, 3.63) is 0 Å². The molecule has 0 aliphatic carbocycles. The van der Waals surface area contributed by atoms with E-state index in [1.54, 1.807) is 0 Å². The molecule has 19 heavy (non-hydrogen) atoms. The normalized spacial score (nSPS) is 10.5. The smallest absolute Gasteiger partial charge is 0.220 e. The Morgan fingerprint density at radius 1 is 1.00 bits per heavy atom. The molecule has 0 unspecified atom stereocenters. The third-order valence-electron chi connectivity index (χ3n) is 2.88. The van der Waals surface area contributed by atoms with Crippen LogP contribution in [0.3, 0.4) is 0 Å². The van der Waals surface area contributed by atoms with Gasteiger partial charge in [0.1, 0.15) is 0 Å². The molecular formula is C13H27N3O2S. The van der Waals surface area contributed by atoms with E-state index in [1.807, 2.05) is 0 Å². The Labute approximate surface area is 121 Å². The lowest BCUT2D eigenvalue weighted by atomic mass is 10.2. The van der Waals surface area contributed by atoms with E-state index in [-0.39, 0.29) is 24.7 Å². The SMILES string of the molecule is CCN(CC)CCCNC(=O)CCC(=O)NCCS. The van der Waals surface area contributed by atoms with Crippen LogP contribution in [0.2, 0.25) is 0 Å². The Kier molecular flexibility index (Phi) is 11.8. The highest BCUT2D eigenvalue weighted by atomic mass is 32.1. The summed E-state index contributed by atoms with van der Waals surface area (Å²) in [6.07, 6.45) is 1.44. The predicted molar refractivity (Wildman–Crippen MR) is 81.5 cm³/mol. The third-order valence-corrected chi connectivity index (χ3v) is 3.10. The molecule has 0 aromatic rings. The van der Waals surface area contributed by atoms with E-state index >= 15 is 0 Å². The summed E-state index contributed by atoms with van der Waals surface area (Å²) < 4.78 is 0. The second-order valence-corrected chi connectivity index (χ2v) is 4.75. The summed E-state index contributed by atoms with van der Waals surface area (Å²) in [5, 5.41) is 5.52. The van der Waals surface area contributed by atoms with E-state index in [2.05, 4.69) is 42.0 Å². The maximum absolute atomic E-state index is 11.5. The highest BCUT2D eigenvalue weighted by Crippen LogP contribution is 1.92. The van der Waals surface area contributed by atoms with E-state index in [0.29, 0.717) is 18.8 Å². The molecule has 0 atom stereocenters. The predicted octanol–water partition coefficient (Wildman–Crippen LogP) is 0.661. The van der Waals surface area contributed by atoms with E-state index in [9.17, 15) is 9.59 Å².